The fourth-order valence-corrected chi connectivity index (χ4v) is 7.93. The Morgan fingerprint density at radius 2 is 0.658 bits per heavy atom. The molecule has 0 bridgehead atoms. The number of rotatable bonds is 0. The van der Waals surface area contributed by atoms with Crippen molar-refractivity contribution in [2.24, 2.45) is 0 Å². The smallest absolute Gasteiger partial charge is 0.0731 e. The van der Waals surface area contributed by atoms with Gasteiger partial charge >= 0.3 is 0 Å². The molecule has 79 heavy (non-hydrogen) atoms. The lowest BCUT2D eigenvalue weighted by Gasteiger charge is -1.99. The van der Waals surface area contributed by atoms with E-state index in [4.69, 9.17) is 0 Å². The molecule has 8 aromatic heterocycles. The molecular weight excluding hydrogens is 965 g/mol. The number of aryl methyl sites for hydroxylation is 7. The molecule has 8 nitrogen and oxygen atoms in total. The van der Waals surface area contributed by atoms with Crippen LogP contribution in [0.5, 0.6) is 0 Å². The zero-order chi connectivity index (χ0) is 55.4. The van der Waals surface area contributed by atoms with Gasteiger partial charge in [-0.3, -0.25) is 34.9 Å². The van der Waals surface area contributed by atoms with Crippen LogP contribution in [0.25, 0.3) is 65.4 Å². The maximum absolute atomic E-state index is 4.58. The van der Waals surface area contributed by atoms with Crippen LogP contribution in [-0.4, -0.2) is 39.9 Å². The van der Waals surface area contributed by atoms with Crippen molar-refractivity contribution in [3.8, 4) is 0 Å². The third-order valence-corrected chi connectivity index (χ3v) is 11.9. The van der Waals surface area contributed by atoms with Gasteiger partial charge in [-0.05, 0) is 157 Å². The van der Waals surface area contributed by atoms with Crippen LogP contribution in [0.1, 0.15) is 39.6 Å². The zero-order valence-corrected chi connectivity index (χ0v) is 46.1. The maximum Gasteiger partial charge on any atom is 0.0731 e. The summed E-state index contributed by atoms with van der Waals surface area (Å²) in [5, 5.41) is 7.24. The quantitative estimate of drug-likeness (QED) is 0.138. The number of para-hydroxylation sites is 5. The minimum Gasteiger partial charge on any atom is -0.265 e. The molecule has 0 amide bonds. The first-order chi connectivity index (χ1) is 38.6. The fourth-order valence-electron chi connectivity index (χ4n) is 7.93. The van der Waals surface area contributed by atoms with Crippen molar-refractivity contribution in [1.29, 1.82) is 0 Å². The Hall–Kier alpha value is -9.92. The monoisotopic (exact) mass is 1030 g/mol. The third kappa shape index (κ3) is 19.0. The molecule has 0 saturated heterocycles. The number of aromatic nitrogens is 8. The van der Waals surface area contributed by atoms with Crippen molar-refractivity contribution in [3.63, 3.8) is 0 Å². The van der Waals surface area contributed by atoms with Crippen molar-refractivity contribution >= 4 is 65.4 Å². The lowest BCUT2D eigenvalue weighted by Crippen LogP contribution is -1.83. The number of hydrogen-bond donors (Lipinski definition) is 0. The topological polar surface area (TPSA) is 103 Å². The van der Waals surface area contributed by atoms with Gasteiger partial charge in [0.15, 0.2) is 0 Å². The molecule has 0 saturated carbocycles. The minimum absolute atomic E-state index is 1.06. The molecule has 0 N–H and O–H groups in total. The summed E-state index contributed by atoms with van der Waals surface area (Å²) in [6, 6.07) is 81.2. The van der Waals surface area contributed by atoms with E-state index in [0.717, 1.165) is 61.6 Å². The highest BCUT2D eigenvalue weighted by Gasteiger charge is 1.98. The fraction of sp³-hybridized carbons (Fsp3) is 0.0986. The predicted octanol–water partition coefficient (Wildman–Crippen LogP) is 17.7. The van der Waals surface area contributed by atoms with Gasteiger partial charge in [0.1, 0.15) is 0 Å². The molecule has 0 fully saturated rings. The van der Waals surface area contributed by atoms with Crippen LogP contribution in [0.3, 0.4) is 0 Å². The van der Waals surface area contributed by atoms with E-state index in [-0.39, 0.29) is 0 Å². The highest BCUT2D eigenvalue weighted by molar-refractivity contribution is 5.92. The Morgan fingerprint density at radius 1 is 0.228 bits per heavy atom. The summed E-state index contributed by atoms with van der Waals surface area (Å²) < 4.78 is 0. The standard InChI is InChI=1S/C13H9N.C11H11N.2C10H9N.C9H7N.C7H9N.C6H7N.C5H5N/c1-3-7-12-10(5-1)9-11-6-2-4-8-13(11)14-12;1-8-3-5-10-6-4-9(2)12-11(10)7-8;1-8-4-2-5-9-6-3-7-11-10(8)9;1-8-6-7-9-4-2-3-5-10(9)11-8;1-2-6-9-8(4-1)5-3-7-10-9;1-6-4-3-5-7(2)8-6;1-6-4-2-3-5-7-6;1-2-4-6-5-3-1/h1-9H;3-7H,1-2H3;2*2-7H,1H3;1-7H;3-5H,1-2H3;2-5H,1H3;1-5H. The first-order valence-electron chi connectivity index (χ1n) is 26.2. The summed E-state index contributed by atoms with van der Waals surface area (Å²) in [5.41, 5.74) is 14.4. The van der Waals surface area contributed by atoms with Gasteiger partial charge in [-0.1, -0.05) is 146 Å². The summed E-state index contributed by atoms with van der Waals surface area (Å²) in [7, 11) is 0. The number of hydrogen-bond acceptors (Lipinski definition) is 8. The van der Waals surface area contributed by atoms with Crippen molar-refractivity contribution in [2.45, 2.75) is 48.5 Å². The Balaban J connectivity index is 0.000000132. The van der Waals surface area contributed by atoms with E-state index in [0.29, 0.717) is 0 Å². The van der Waals surface area contributed by atoms with E-state index in [9.17, 15) is 0 Å². The molecule has 0 atom stereocenters. The van der Waals surface area contributed by atoms with Gasteiger partial charge in [0.05, 0.1) is 33.1 Å². The molecule has 0 aliphatic rings. The number of fused-ring (bicyclic) bond motifs is 6. The second-order valence-electron chi connectivity index (χ2n) is 18.4. The van der Waals surface area contributed by atoms with E-state index in [1.807, 2.05) is 199 Å². The minimum atomic E-state index is 1.06. The van der Waals surface area contributed by atoms with Gasteiger partial charge in [-0.25, -0.2) is 4.98 Å². The molecule has 0 spiro atoms. The van der Waals surface area contributed by atoms with E-state index >= 15 is 0 Å². The molecule has 390 valence electrons. The van der Waals surface area contributed by atoms with Crippen LogP contribution < -0.4 is 0 Å². The number of benzene rings is 6. The van der Waals surface area contributed by atoms with Gasteiger partial charge in [0.2, 0.25) is 0 Å². The molecule has 14 rings (SSSR count). The van der Waals surface area contributed by atoms with Crippen LogP contribution in [0.4, 0.5) is 0 Å². The van der Waals surface area contributed by atoms with Gasteiger partial charge in [-0.2, -0.15) is 0 Å². The number of pyridine rings is 8. The summed E-state index contributed by atoms with van der Waals surface area (Å²) in [6.07, 6.45) is 8.92. The van der Waals surface area contributed by atoms with Crippen LogP contribution in [-0.2, 0) is 0 Å². The lowest BCUT2D eigenvalue weighted by atomic mass is 10.1. The van der Waals surface area contributed by atoms with Crippen molar-refractivity contribution in [3.05, 3.63) is 313 Å². The molecule has 8 heteroatoms. The van der Waals surface area contributed by atoms with Crippen LogP contribution in [0.15, 0.2) is 274 Å². The highest BCUT2D eigenvalue weighted by Crippen LogP contribution is 2.19. The second-order valence-corrected chi connectivity index (χ2v) is 18.4. The molecule has 0 aliphatic carbocycles. The molecule has 0 aliphatic heterocycles. The summed E-state index contributed by atoms with van der Waals surface area (Å²) in [5.74, 6) is 0. The normalized spacial score (nSPS) is 9.96. The third-order valence-electron chi connectivity index (χ3n) is 11.9. The Kier molecular flexibility index (Phi) is 22.0. The highest BCUT2D eigenvalue weighted by atomic mass is 14.7. The molecule has 0 radical (unpaired) electrons. The first-order valence-corrected chi connectivity index (χ1v) is 26.2. The molecule has 14 aromatic rings. The van der Waals surface area contributed by atoms with Gasteiger partial charge < -0.3 is 0 Å². The maximum atomic E-state index is 4.58. The lowest BCUT2D eigenvalue weighted by molar-refractivity contribution is 1.12. The second kappa shape index (κ2) is 30.6. The molecule has 8 heterocycles. The van der Waals surface area contributed by atoms with E-state index in [2.05, 4.69) is 145 Å². The van der Waals surface area contributed by atoms with Gasteiger partial charge in [-0.15, -0.1) is 0 Å². The largest absolute Gasteiger partial charge is 0.265 e. The average Bonchev–Trinajstić information content (AvgIpc) is 3.51. The van der Waals surface area contributed by atoms with E-state index < -0.39 is 0 Å². The molecular formula is C71H66N8. The van der Waals surface area contributed by atoms with Crippen molar-refractivity contribution < 1.29 is 0 Å². The van der Waals surface area contributed by atoms with E-state index in [1.165, 1.54) is 43.4 Å². The first kappa shape index (κ1) is 56.8. The van der Waals surface area contributed by atoms with Crippen LogP contribution >= 0.6 is 0 Å². The average molecular weight is 1030 g/mol. The summed E-state index contributed by atoms with van der Waals surface area (Å²) in [6.45, 7) is 14.1. The summed E-state index contributed by atoms with van der Waals surface area (Å²) in [4.78, 5) is 33.8. The summed E-state index contributed by atoms with van der Waals surface area (Å²) >= 11 is 0. The Bertz CT molecular complexity index is 3810. The van der Waals surface area contributed by atoms with Crippen LogP contribution in [0.2, 0.25) is 0 Å². The Labute approximate surface area is 464 Å². The van der Waals surface area contributed by atoms with Crippen molar-refractivity contribution in [2.75, 3.05) is 0 Å². The van der Waals surface area contributed by atoms with E-state index in [1.54, 1.807) is 18.6 Å². The zero-order valence-electron chi connectivity index (χ0n) is 46.1. The SMILES string of the molecule is Cc1ccc2ccc(C)nc2c1.Cc1ccc2ccccc2n1.Cc1cccc(C)n1.Cc1cccc2cccnc12.Cc1ccccn1.c1ccc2nc3ccccc3cc2c1.c1ccc2ncccc2c1.c1ccncc1. The number of nitrogens with zero attached hydrogens (tertiary/aromatic N) is 8. The van der Waals surface area contributed by atoms with Gasteiger partial charge in [0.25, 0.3) is 0 Å². The van der Waals surface area contributed by atoms with Gasteiger partial charge in [0, 0.05) is 91.8 Å². The van der Waals surface area contributed by atoms with Crippen molar-refractivity contribution in [1.82, 2.24) is 39.9 Å². The molecule has 6 aromatic carbocycles. The molecule has 0 unspecified atom stereocenters. The Morgan fingerprint density at radius 3 is 1.18 bits per heavy atom. The predicted molar refractivity (Wildman–Crippen MR) is 332 cm³/mol. The van der Waals surface area contributed by atoms with Crippen LogP contribution in [0, 0.1) is 48.5 Å².